The highest BCUT2D eigenvalue weighted by Gasteiger charge is 2.39. The van der Waals surface area contributed by atoms with E-state index in [2.05, 4.69) is 19.2 Å². The van der Waals surface area contributed by atoms with E-state index in [1.54, 1.807) is 18.2 Å². The molecule has 0 saturated heterocycles. The molecule has 1 heterocycles. The van der Waals surface area contributed by atoms with E-state index in [-0.39, 0.29) is 11.8 Å². The highest BCUT2D eigenvalue weighted by Crippen LogP contribution is 2.47. The number of hydrogen-bond donors (Lipinski definition) is 2. The maximum absolute atomic E-state index is 12.7. The lowest BCUT2D eigenvalue weighted by atomic mass is 9.80. The summed E-state index contributed by atoms with van der Waals surface area (Å²) in [7, 11) is 0. The fourth-order valence-electron chi connectivity index (χ4n) is 3.90. The van der Waals surface area contributed by atoms with E-state index in [1.165, 1.54) is 0 Å². The smallest absolute Gasteiger partial charge is 0.306 e. The van der Waals surface area contributed by atoms with Gasteiger partial charge in [0.1, 0.15) is 11.9 Å². The Hall–Kier alpha value is -2.57. The van der Waals surface area contributed by atoms with E-state index in [0.717, 1.165) is 11.3 Å². The number of aliphatic carboxylic acids is 1. The van der Waals surface area contributed by atoms with Crippen LogP contribution in [0.1, 0.15) is 50.3 Å². The summed E-state index contributed by atoms with van der Waals surface area (Å²) >= 11 is 6.28. The fraction of sp³-hybridized carbons (Fsp3) is 0.391. The Morgan fingerprint density at radius 1 is 1.27 bits per heavy atom. The number of hydrogen-bond acceptors (Lipinski definition) is 4. The molecule has 0 bridgehead atoms. The van der Waals surface area contributed by atoms with Gasteiger partial charge in [0, 0.05) is 27.8 Å². The molecule has 6 nitrogen and oxygen atoms in total. The van der Waals surface area contributed by atoms with Crippen molar-refractivity contribution in [2.45, 2.75) is 45.3 Å². The molecular weight excluding hydrogens is 406 g/mol. The van der Waals surface area contributed by atoms with Gasteiger partial charge in [-0.2, -0.15) is 0 Å². The van der Waals surface area contributed by atoms with Crippen molar-refractivity contribution in [1.29, 1.82) is 0 Å². The summed E-state index contributed by atoms with van der Waals surface area (Å²) in [6.07, 6.45) is -2.15. The van der Waals surface area contributed by atoms with Crippen molar-refractivity contribution in [2.24, 2.45) is 5.92 Å². The molecule has 30 heavy (non-hydrogen) atoms. The second kappa shape index (κ2) is 9.49. The zero-order chi connectivity index (χ0) is 21.8. The number of halogens is 1. The van der Waals surface area contributed by atoms with Crippen molar-refractivity contribution in [2.75, 3.05) is 11.9 Å². The largest absolute Gasteiger partial charge is 0.494 e. The number of amides is 1. The molecule has 0 fully saturated rings. The Labute approximate surface area is 181 Å². The molecule has 2 N–H and O–H groups in total. The van der Waals surface area contributed by atoms with Gasteiger partial charge in [0.05, 0.1) is 19.1 Å². The fourth-order valence-corrected chi connectivity index (χ4v) is 4.08. The maximum Gasteiger partial charge on any atom is 0.306 e. The Morgan fingerprint density at radius 3 is 2.67 bits per heavy atom. The van der Waals surface area contributed by atoms with Crippen molar-refractivity contribution in [1.82, 2.24) is 0 Å². The van der Waals surface area contributed by atoms with Gasteiger partial charge in [0.2, 0.25) is 0 Å². The number of anilines is 1. The van der Waals surface area contributed by atoms with E-state index < -0.39 is 30.5 Å². The first-order chi connectivity index (χ1) is 14.3. The number of carbonyl (C=O) groups is 2. The van der Waals surface area contributed by atoms with E-state index in [0.29, 0.717) is 22.9 Å². The molecule has 1 aliphatic rings. The van der Waals surface area contributed by atoms with Crippen molar-refractivity contribution >= 4 is 29.2 Å². The van der Waals surface area contributed by atoms with Gasteiger partial charge in [-0.1, -0.05) is 43.6 Å². The number of fused-ring (bicyclic) bond motifs is 1. The first-order valence-electron chi connectivity index (χ1n) is 10.0. The van der Waals surface area contributed by atoms with Crippen LogP contribution in [-0.4, -0.2) is 29.7 Å². The SMILES string of the molecule is CCOc1ccccc1C(C(C)C)[C@@H]1O[C@@H](CC(=O)O)C(=O)Nc2ccc(Cl)cc21. The number of benzene rings is 2. The van der Waals surface area contributed by atoms with Crippen LogP contribution in [0.3, 0.4) is 0 Å². The molecule has 2 aromatic rings. The average Bonchev–Trinajstić information content (AvgIpc) is 2.80. The maximum atomic E-state index is 12.7. The lowest BCUT2D eigenvalue weighted by Gasteiger charge is -2.33. The van der Waals surface area contributed by atoms with Crippen LogP contribution in [0.2, 0.25) is 5.02 Å². The summed E-state index contributed by atoms with van der Waals surface area (Å²) in [5.74, 6) is -0.946. The first-order valence-corrected chi connectivity index (χ1v) is 10.4. The standard InChI is InChI=1S/C23H26ClNO5/c1-4-29-18-8-6-5-7-15(18)21(13(2)3)22-16-11-14(24)9-10-17(16)25-23(28)19(30-22)12-20(26)27/h5-11,13,19,21-22H,4,12H2,1-3H3,(H,25,28)(H,26,27)/t19-,21?,22+/m0/s1. The van der Waals surface area contributed by atoms with Gasteiger partial charge >= 0.3 is 5.97 Å². The first kappa shape index (κ1) is 22.1. The molecule has 3 rings (SSSR count). The third-order valence-electron chi connectivity index (χ3n) is 5.16. The van der Waals surface area contributed by atoms with E-state index in [4.69, 9.17) is 21.1 Å². The molecule has 3 atom stereocenters. The van der Waals surface area contributed by atoms with Crippen LogP contribution in [0, 0.1) is 5.92 Å². The minimum atomic E-state index is -1.13. The molecular formula is C23H26ClNO5. The van der Waals surface area contributed by atoms with Crippen LogP contribution in [-0.2, 0) is 14.3 Å². The van der Waals surface area contributed by atoms with Gasteiger partial charge in [0.25, 0.3) is 5.91 Å². The predicted octanol–water partition coefficient (Wildman–Crippen LogP) is 5.03. The monoisotopic (exact) mass is 431 g/mol. The summed E-state index contributed by atoms with van der Waals surface area (Å²) in [5.41, 5.74) is 2.23. The number of para-hydroxylation sites is 1. The van der Waals surface area contributed by atoms with Gasteiger partial charge in [0.15, 0.2) is 0 Å². The minimum Gasteiger partial charge on any atom is -0.494 e. The van der Waals surface area contributed by atoms with E-state index >= 15 is 0 Å². The number of carboxylic acid groups (broad SMARTS) is 1. The number of rotatable bonds is 7. The number of carbonyl (C=O) groups excluding carboxylic acids is 1. The van der Waals surface area contributed by atoms with Crippen LogP contribution >= 0.6 is 11.6 Å². The number of nitrogens with one attached hydrogen (secondary N) is 1. The zero-order valence-corrected chi connectivity index (χ0v) is 18.0. The van der Waals surface area contributed by atoms with Gasteiger partial charge in [-0.25, -0.2) is 0 Å². The lowest BCUT2D eigenvalue weighted by Crippen LogP contribution is -2.33. The van der Waals surface area contributed by atoms with Gasteiger partial charge in [-0.05, 0) is 37.1 Å². The molecule has 1 unspecified atom stereocenters. The molecule has 7 heteroatoms. The Balaban J connectivity index is 2.16. The summed E-state index contributed by atoms with van der Waals surface area (Å²) in [4.78, 5) is 24.1. The lowest BCUT2D eigenvalue weighted by molar-refractivity contribution is -0.148. The minimum absolute atomic E-state index is 0.0992. The molecule has 1 aliphatic heterocycles. The van der Waals surface area contributed by atoms with Gasteiger partial charge < -0.3 is 19.9 Å². The summed E-state index contributed by atoms with van der Waals surface area (Å²) in [5, 5.41) is 12.6. The average molecular weight is 432 g/mol. The number of ether oxygens (including phenoxy) is 2. The third kappa shape index (κ3) is 4.77. The summed E-state index contributed by atoms with van der Waals surface area (Å²) < 4.78 is 12.1. The van der Waals surface area contributed by atoms with Crippen LogP contribution < -0.4 is 10.1 Å². The zero-order valence-electron chi connectivity index (χ0n) is 17.2. The highest BCUT2D eigenvalue weighted by atomic mass is 35.5. The van der Waals surface area contributed by atoms with Crippen LogP contribution in [0.25, 0.3) is 0 Å². The molecule has 0 spiro atoms. The van der Waals surface area contributed by atoms with Crippen LogP contribution in [0.15, 0.2) is 42.5 Å². The van der Waals surface area contributed by atoms with Crippen LogP contribution in [0.4, 0.5) is 5.69 Å². The van der Waals surface area contributed by atoms with Crippen molar-refractivity contribution in [3.63, 3.8) is 0 Å². The van der Waals surface area contributed by atoms with Crippen molar-refractivity contribution < 1.29 is 24.2 Å². The third-order valence-corrected chi connectivity index (χ3v) is 5.40. The van der Waals surface area contributed by atoms with Crippen molar-refractivity contribution in [3.8, 4) is 5.75 Å². The summed E-state index contributed by atoms with van der Waals surface area (Å²) in [6, 6.07) is 12.9. The highest BCUT2D eigenvalue weighted by molar-refractivity contribution is 6.30. The molecule has 0 aromatic heterocycles. The molecule has 1 amide bonds. The Morgan fingerprint density at radius 2 is 2.00 bits per heavy atom. The Bertz CT molecular complexity index is 930. The molecule has 0 aliphatic carbocycles. The quantitative estimate of drug-likeness (QED) is 0.642. The molecule has 0 radical (unpaired) electrons. The second-order valence-electron chi connectivity index (χ2n) is 7.60. The predicted molar refractivity (Wildman–Crippen MR) is 115 cm³/mol. The van der Waals surface area contributed by atoms with E-state index in [1.807, 2.05) is 31.2 Å². The number of carboxylic acids is 1. The molecule has 0 saturated carbocycles. The Kier molecular flexibility index (Phi) is 7.00. The van der Waals surface area contributed by atoms with Crippen LogP contribution in [0.5, 0.6) is 5.75 Å². The second-order valence-corrected chi connectivity index (χ2v) is 8.04. The normalized spacial score (nSPS) is 19.6. The summed E-state index contributed by atoms with van der Waals surface area (Å²) in [6.45, 7) is 6.56. The van der Waals surface area contributed by atoms with Crippen molar-refractivity contribution in [3.05, 3.63) is 58.6 Å². The molecule has 2 aromatic carbocycles. The van der Waals surface area contributed by atoms with Gasteiger partial charge in [-0.15, -0.1) is 0 Å². The van der Waals surface area contributed by atoms with Gasteiger partial charge in [-0.3, -0.25) is 9.59 Å². The van der Waals surface area contributed by atoms with E-state index in [9.17, 15) is 14.7 Å². The topological polar surface area (TPSA) is 84.9 Å². The molecule has 160 valence electrons.